The molecule has 5 rings (SSSR count). The van der Waals surface area contributed by atoms with Gasteiger partial charge in [-0.25, -0.2) is 4.90 Å². The highest BCUT2D eigenvalue weighted by Crippen LogP contribution is 2.79. The summed E-state index contributed by atoms with van der Waals surface area (Å²) >= 11 is 0. The van der Waals surface area contributed by atoms with Crippen LogP contribution >= 0.6 is 7.60 Å². The first-order valence-electron chi connectivity index (χ1n) is 11.1. The van der Waals surface area contributed by atoms with Gasteiger partial charge in [-0.05, 0) is 30.5 Å². The largest absolute Gasteiger partial charge is 0.367 e. The molecule has 0 saturated carbocycles. The van der Waals surface area contributed by atoms with Crippen molar-refractivity contribution in [3.05, 3.63) is 65.7 Å². The third-order valence-electron chi connectivity index (χ3n) is 6.41. The summed E-state index contributed by atoms with van der Waals surface area (Å²) in [5, 5.41) is -1.64. The number of amides is 2. The molecule has 0 radical (unpaired) electrons. The number of benzene rings is 2. The lowest BCUT2D eigenvalue weighted by molar-refractivity contribution is -0.127. The molecule has 2 aromatic carbocycles. The highest BCUT2D eigenvalue weighted by atomic mass is 31.2. The van der Waals surface area contributed by atoms with E-state index in [9.17, 15) is 14.2 Å². The van der Waals surface area contributed by atoms with Gasteiger partial charge < -0.3 is 13.8 Å². The predicted molar refractivity (Wildman–Crippen MR) is 118 cm³/mol. The molecule has 4 atom stereocenters. The van der Waals surface area contributed by atoms with E-state index in [-0.39, 0.29) is 19.1 Å². The summed E-state index contributed by atoms with van der Waals surface area (Å²) in [7, 11) is -4.00. The van der Waals surface area contributed by atoms with Gasteiger partial charge in [0.15, 0.2) is 0 Å². The monoisotopic (exact) mass is 455 g/mol. The molecule has 0 aromatic heterocycles. The van der Waals surface area contributed by atoms with Gasteiger partial charge in [-0.15, -0.1) is 0 Å². The van der Waals surface area contributed by atoms with Gasteiger partial charge in [-0.3, -0.25) is 14.2 Å². The molecule has 32 heavy (non-hydrogen) atoms. The number of carbonyl (C=O) groups is 2. The number of anilines is 1. The number of rotatable bonds is 8. The minimum absolute atomic E-state index is 0.195. The van der Waals surface area contributed by atoms with Gasteiger partial charge in [0.2, 0.25) is 17.2 Å². The average Bonchev–Trinajstić information content (AvgIpc) is 3.44. The van der Waals surface area contributed by atoms with E-state index < -0.39 is 36.8 Å². The Hall–Kier alpha value is -2.31. The van der Waals surface area contributed by atoms with Crippen LogP contribution in [0.1, 0.15) is 43.9 Å². The molecule has 2 amide bonds. The number of ether oxygens (including phenoxy) is 1. The summed E-state index contributed by atoms with van der Waals surface area (Å²) in [4.78, 5) is 28.5. The fourth-order valence-electron chi connectivity index (χ4n) is 5.17. The van der Waals surface area contributed by atoms with Crippen LogP contribution in [0.4, 0.5) is 5.69 Å². The Morgan fingerprint density at radius 2 is 1.56 bits per heavy atom. The van der Waals surface area contributed by atoms with Crippen LogP contribution in [0.15, 0.2) is 54.6 Å². The third-order valence-corrected chi connectivity index (χ3v) is 8.89. The van der Waals surface area contributed by atoms with E-state index in [0.29, 0.717) is 24.1 Å². The van der Waals surface area contributed by atoms with Gasteiger partial charge in [0.25, 0.3) is 0 Å². The average molecular weight is 455 g/mol. The molecule has 7 nitrogen and oxygen atoms in total. The predicted octanol–water partition coefficient (Wildman–Crippen LogP) is 4.78. The number of carbonyl (C=O) groups excluding carboxylic acids is 2. The second-order valence-corrected chi connectivity index (χ2v) is 10.5. The molecular weight excluding hydrogens is 429 g/mol. The smallest absolute Gasteiger partial charge is 0.348 e. The minimum Gasteiger partial charge on any atom is -0.348 e. The summed E-state index contributed by atoms with van der Waals surface area (Å²) in [6.07, 6.45) is 0.570. The maximum absolute atomic E-state index is 14.5. The van der Waals surface area contributed by atoms with E-state index >= 15 is 0 Å². The molecule has 2 saturated heterocycles. The van der Waals surface area contributed by atoms with Crippen molar-refractivity contribution < 1.29 is 27.9 Å². The van der Waals surface area contributed by atoms with Crippen LogP contribution in [0.2, 0.25) is 0 Å². The molecule has 0 aliphatic carbocycles. The zero-order chi connectivity index (χ0) is 22.5. The van der Waals surface area contributed by atoms with Crippen LogP contribution in [0.5, 0.6) is 0 Å². The molecule has 168 valence electrons. The lowest BCUT2D eigenvalue weighted by Crippen LogP contribution is -2.41. The van der Waals surface area contributed by atoms with E-state index in [4.69, 9.17) is 13.8 Å². The molecule has 3 aliphatic rings. The summed E-state index contributed by atoms with van der Waals surface area (Å²) in [5.74, 6) is -2.52. The highest BCUT2D eigenvalue weighted by Gasteiger charge is 2.78. The van der Waals surface area contributed by atoms with Gasteiger partial charge in [-0.2, -0.15) is 0 Å². The highest BCUT2D eigenvalue weighted by molar-refractivity contribution is 7.55. The molecule has 8 heteroatoms. The first-order chi connectivity index (χ1) is 15.5. The van der Waals surface area contributed by atoms with Crippen LogP contribution in [0.3, 0.4) is 0 Å². The molecule has 0 N–H and O–H groups in total. The topological polar surface area (TPSA) is 82.1 Å². The Kier molecular flexibility index (Phi) is 5.33. The summed E-state index contributed by atoms with van der Waals surface area (Å²) in [6, 6.07) is 16.2. The lowest BCUT2D eigenvalue weighted by Gasteiger charge is -2.37. The fraction of sp³-hybridized carbons (Fsp3) is 0.417. The van der Waals surface area contributed by atoms with Crippen molar-refractivity contribution in [3.63, 3.8) is 0 Å². The number of hydrogen-bond donors (Lipinski definition) is 0. The van der Waals surface area contributed by atoms with Crippen molar-refractivity contribution in [1.29, 1.82) is 0 Å². The summed E-state index contributed by atoms with van der Waals surface area (Å²) < 4.78 is 32.7. The fourth-order valence-corrected chi connectivity index (χ4v) is 7.83. The molecule has 2 bridgehead atoms. The normalized spacial score (nSPS) is 28.3. The molecular formula is C24H26NO6P. The quantitative estimate of drug-likeness (QED) is 0.421. The van der Waals surface area contributed by atoms with E-state index in [2.05, 4.69) is 0 Å². The number of nitrogens with zero attached hydrogens (tertiary/aromatic N) is 1. The SMILES string of the molecule is CCCOP(=O)(OCCC)[C@@]12O[C@@H](c3ccccc31)C1C(=O)N(c3ccccc3)C(=O)C12. The molecule has 0 spiro atoms. The molecule has 3 aliphatic heterocycles. The van der Waals surface area contributed by atoms with Crippen molar-refractivity contribution in [3.8, 4) is 0 Å². The second-order valence-electron chi connectivity index (χ2n) is 8.34. The van der Waals surface area contributed by atoms with Crippen molar-refractivity contribution >= 4 is 25.1 Å². The first kappa shape index (κ1) is 21.5. The summed E-state index contributed by atoms with van der Waals surface area (Å²) in [6.45, 7) is 4.21. The van der Waals surface area contributed by atoms with Gasteiger partial charge >= 0.3 is 7.60 Å². The van der Waals surface area contributed by atoms with Crippen molar-refractivity contribution in [2.45, 2.75) is 38.1 Å². The van der Waals surface area contributed by atoms with Crippen LogP contribution in [0, 0.1) is 11.8 Å². The van der Waals surface area contributed by atoms with Crippen molar-refractivity contribution in [1.82, 2.24) is 0 Å². The number of fused-ring (bicyclic) bond motifs is 8. The van der Waals surface area contributed by atoms with Crippen molar-refractivity contribution in [2.75, 3.05) is 18.1 Å². The van der Waals surface area contributed by atoms with Gasteiger partial charge in [0.1, 0.15) is 0 Å². The number of imide groups is 1. The standard InChI is InChI=1S/C24H26NO6P/c1-3-14-29-32(28,30-15-4-2)24-18-13-9-8-12-17(18)21(31-24)19-20(24)23(27)25(22(19)26)16-10-6-5-7-11-16/h5-13,19-21H,3-4,14-15H2,1-2H3/t19?,20?,21-,24-/m0/s1. The van der Waals surface area contributed by atoms with Crippen LogP contribution in [0.25, 0.3) is 0 Å². The molecule has 2 aromatic rings. The first-order valence-corrected chi connectivity index (χ1v) is 12.6. The zero-order valence-electron chi connectivity index (χ0n) is 18.1. The Morgan fingerprint density at radius 3 is 2.22 bits per heavy atom. The summed E-state index contributed by atoms with van der Waals surface area (Å²) in [5.41, 5.74) is 1.89. The molecule has 2 fully saturated rings. The van der Waals surface area contributed by atoms with Crippen LogP contribution < -0.4 is 4.90 Å². The maximum Gasteiger partial charge on any atom is 0.367 e. The third kappa shape index (κ3) is 2.75. The Labute approximate surface area is 187 Å². The van der Waals surface area contributed by atoms with Crippen molar-refractivity contribution in [2.24, 2.45) is 11.8 Å². The molecule has 3 heterocycles. The van der Waals surface area contributed by atoms with E-state index in [0.717, 1.165) is 5.56 Å². The number of hydrogen-bond acceptors (Lipinski definition) is 6. The molecule has 2 unspecified atom stereocenters. The Balaban J connectivity index is 1.69. The minimum atomic E-state index is -4.00. The second kappa shape index (κ2) is 7.92. The van der Waals surface area contributed by atoms with E-state index in [1.54, 1.807) is 24.3 Å². The zero-order valence-corrected chi connectivity index (χ0v) is 19.0. The van der Waals surface area contributed by atoms with Crippen LogP contribution in [-0.2, 0) is 33.3 Å². The van der Waals surface area contributed by atoms with Gasteiger partial charge in [0.05, 0.1) is 36.8 Å². The Bertz CT molecular complexity index is 1090. The lowest BCUT2D eigenvalue weighted by atomic mass is 9.77. The van der Waals surface area contributed by atoms with E-state index in [1.165, 1.54) is 4.90 Å². The van der Waals surface area contributed by atoms with Gasteiger partial charge in [0, 0.05) is 5.56 Å². The maximum atomic E-state index is 14.5. The Morgan fingerprint density at radius 1 is 0.938 bits per heavy atom. The number of para-hydroxylation sites is 1. The van der Waals surface area contributed by atoms with E-state index in [1.807, 2.05) is 44.2 Å². The van der Waals surface area contributed by atoms with Gasteiger partial charge in [-0.1, -0.05) is 56.3 Å². The van der Waals surface area contributed by atoms with Crippen LogP contribution in [-0.4, -0.2) is 25.0 Å².